The molecule has 0 radical (unpaired) electrons. The van der Waals surface area contributed by atoms with E-state index in [-0.39, 0.29) is 36.7 Å². The number of esters is 1. The molecule has 0 spiro atoms. The molecule has 4 aliphatic rings. The van der Waals surface area contributed by atoms with Gasteiger partial charge in [-0.1, -0.05) is 51.9 Å². The summed E-state index contributed by atoms with van der Waals surface area (Å²) in [6.07, 6.45) is 15.4. The topological polar surface area (TPSA) is 76.2 Å². The SMILES string of the molecule is CCCCCCCCN1C(=O)[C@@H](CC(=O)N2CCCC2)C[C@@]2(C(=O)OC)C1=C[C@H](C1CCCC1)O[C@@H]2C. The van der Waals surface area contributed by atoms with Crippen molar-refractivity contribution >= 4 is 17.8 Å². The first kappa shape index (κ1) is 28.1. The maximum atomic E-state index is 14.0. The summed E-state index contributed by atoms with van der Waals surface area (Å²) in [4.78, 5) is 44.4. The first-order valence-corrected chi connectivity index (χ1v) is 15.0. The van der Waals surface area contributed by atoms with Crippen molar-refractivity contribution in [1.29, 1.82) is 0 Å². The van der Waals surface area contributed by atoms with Gasteiger partial charge in [-0.3, -0.25) is 14.4 Å². The Morgan fingerprint density at radius 3 is 2.41 bits per heavy atom. The fourth-order valence-electron chi connectivity index (χ4n) is 7.14. The zero-order valence-electron chi connectivity index (χ0n) is 23.3. The number of amides is 2. The van der Waals surface area contributed by atoms with Gasteiger partial charge in [-0.05, 0) is 57.4 Å². The van der Waals surface area contributed by atoms with Gasteiger partial charge in [-0.25, -0.2) is 0 Å². The fraction of sp³-hybridized carbons (Fsp3) is 0.833. The highest BCUT2D eigenvalue weighted by Gasteiger charge is 2.60. The van der Waals surface area contributed by atoms with Crippen LogP contribution in [0, 0.1) is 17.3 Å². The molecule has 2 amide bonds. The summed E-state index contributed by atoms with van der Waals surface area (Å²) >= 11 is 0. The maximum Gasteiger partial charge on any atom is 0.320 e. The van der Waals surface area contributed by atoms with Crippen LogP contribution < -0.4 is 0 Å². The number of fused-ring (bicyclic) bond motifs is 1. The lowest BCUT2D eigenvalue weighted by molar-refractivity contribution is -0.178. The second kappa shape index (κ2) is 12.8. The third kappa shape index (κ3) is 5.91. The zero-order chi connectivity index (χ0) is 26.4. The smallest absolute Gasteiger partial charge is 0.320 e. The molecule has 7 heteroatoms. The second-order valence-corrected chi connectivity index (χ2v) is 11.8. The highest BCUT2D eigenvalue weighted by molar-refractivity contribution is 5.92. The standard InChI is InChI=1S/C30H48N2O5/c1-4-5-6-7-8-11-18-32-26-20-25(23-14-9-10-15-23)37-22(2)30(26,29(35)36-3)21-24(28(32)34)19-27(33)31-16-12-13-17-31/h20,22-25H,4-19,21H2,1-3H3/t22-,24+,25-,30+/m1/s1. The van der Waals surface area contributed by atoms with Gasteiger partial charge in [0.05, 0.1) is 19.3 Å². The Hall–Kier alpha value is -1.89. The van der Waals surface area contributed by atoms with Crippen LogP contribution in [0.2, 0.25) is 0 Å². The Bertz CT molecular complexity index is 845. The fourth-order valence-corrected chi connectivity index (χ4v) is 7.14. The number of hydrogen-bond acceptors (Lipinski definition) is 5. The number of methoxy groups -OCH3 is 1. The third-order valence-corrected chi connectivity index (χ3v) is 9.34. The summed E-state index contributed by atoms with van der Waals surface area (Å²) in [5.74, 6) is -0.457. The van der Waals surface area contributed by atoms with E-state index < -0.39 is 17.4 Å². The number of likely N-dealkylation sites (tertiary alicyclic amines) is 2. The lowest BCUT2D eigenvalue weighted by Gasteiger charge is -2.52. The average molecular weight is 517 g/mol. The monoisotopic (exact) mass is 516 g/mol. The van der Waals surface area contributed by atoms with Gasteiger partial charge in [0.1, 0.15) is 5.41 Å². The van der Waals surface area contributed by atoms with Gasteiger partial charge in [-0.15, -0.1) is 0 Å². The van der Waals surface area contributed by atoms with Gasteiger partial charge in [0, 0.05) is 37.7 Å². The predicted molar refractivity (Wildman–Crippen MR) is 142 cm³/mol. The number of nitrogens with zero attached hydrogens (tertiary/aromatic N) is 2. The lowest BCUT2D eigenvalue weighted by atomic mass is 9.66. The number of piperidine rings is 1. The van der Waals surface area contributed by atoms with Gasteiger partial charge in [0.2, 0.25) is 11.8 Å². The minimum atomic E-state index is -1.06. The highest BCUT2D eigenvalue weighted by Crippen LogP contribution is 2.52. The van der Waals surface area contributed by atoms with Crippen molar-refractivity contribution in [1.82, 2.24) is 9.80 Å². The van der Waals surface area contributed by atoms with Crippen molar-refractivity contribution in [3.63, 3.8) is 0 Å². The molecular formula is C30H48N2O5. The molecule has 37 heavy (non-hydrogen) atoms. The van der Waals surface area contributed by atoms with Crippen LogP contribution in [0.25, 0.3) is 0 Å². The summed E-state index contributed by atoms with van der Waals surface area (Å²) in [6, 6.07) is 0. The van der Waals surface area contributed by atoms with E-state index in [9.17, 15) is 14.4 Å². The molecule has 3 heterocycles. The molecular weight excluding hydrogens is 468 g/mol. The van der Waals surface area contributed by atoms with Crippen molar-refractivity contribution in [2.24, 2.45) is 17.3 Å². The van der Waals surface area contributed by atoms with Gasteiger partial charge in [-0.2, -0.15) is 0 Å². The Labute approximate surface area is 223 Å². The van der Waals surface area contributed by atoms with E-state index in [0.717, 1.165) is 63.7 Å². The number of unbranched alkanes of at least 4 members (excludes halogenated alkanes) is 5. The largest absolute Gasteiger partial charge is 0.468 e. The van der Waals surface area contributed by atoms with Crippen LogP contribution in [0.4, 0.5) is 0 Å². The minimum Gasteiger partial charge on any atom is -0.468 e. The van der Waals surface area contributed by atoms with Crippen LogP contribution in [0.1, 0.15) is 104 Å². The summed E-state index contributed by atoms with van der Waals surface area (Å²) in [5.41, 5.74) is -0.283. The average Bonchev–Trinajstić information content (AvgIpc) is 3.62. The molecule has 0 aromatic rings. The molecule has 4 atom stereocenters. The van der Waals surface area contributed by atoms with Crippen LogP contribution in [0.15, 0.2) is 11.8 Å². The van der Waals surface area contributed by atoms with Gasteiger partial charge in [0.15, 0.2) is 0 Å². The molecule has 4 rings (SSSR count). The molecule has 3 aliphatic heterocycles. The highest BCUT2D eigenvalue weighted by atomic mass is 16.5. The quantitative estimate of drug-likeness (QED) is 0.278. The van der Waals surface area contributed by atoms with E-state index in [0.29, 0.717) is 12.5 Å². The Morgan fingerprint density at radius 1 is 1.05 bits per heavy atom. The van der Waals surface area contributed by atoms with E-state index in [1.165, 1.54) is 39.2 Å². The molecule has 0 N–H and O–H groups in total. The number of rotatable bonds is 11. The van der Waals surface area contributed by atoms with E-state index in [2.05, 4.69) is 13.0 Å². The molecule has 7 nitrogen and oxygen atoms in total. The van der Waals surface area contributed by atoms with Crippen LogP contribution in [-0.4, -0.2) is 66.5 Å². The minimum absolute atomic E-state index is 0.00819. The molecule has 2 saturated heterocycles. The Kier molecular flexibility index (Phi) is 9.71. The normalized spacial score (nSPS) is 30.4. The third-order valence-electron chi connectivity index (χ3n) is 9.34. The molecule has 0 aromatic carbocycles. The van der Waals surface area contributed by atoms with Gasteiger partial charge < -0.3 is 19.3 Å². The Morgan fingerprint density at radius 2 is 1.73 bits per heavy atom. The molecule has 3 fully saturated rings. The van der Waals surface area contributed by atoms with E-state index in [4.69, 9.17) is 9.47 Å². The first-order valence-electron chi connectivity index (χ1n) is 15.0. The number of ether oxygens (including phenoxy) is 2. The van der Waals surface area contributed by atoms with Gasteiger partial charge >= 0.3 is 5.97 Å². The Balaban J connectivity index is 1.63. The molecule has 208 valence electrons. The van der Waals surface area contributed by atoms with E-state index in [1.807, 2.05) is 16.7 Å². The van der Waals surface area contributed by atoms with Crippen molar-refractivity contribution < 1.29 is 23.9 Å². The summed E-state index contributed by atoms with van der Waals surface area (Å²) < 4.78 is 12.0. The van der Waals surface area contributed by atoms with E-state index >= 15 is 0 Å². The van der Waals surface area contributed by atoms with Crippen molar-refractivity contribution in [2.75, 3.05) is 26.7 Å². The van der Waals surface area contributed by atoms with E-state index in [1.54, 1.807) is 0 Å². The van der Waals surface area contributed by atoms with Crippen LogP contribution >= 0.6 is 0 Å². The van der Waals surface area contributed by atoms with Crippen molar-refractivity contribution in [2.45, 2.75) is 116 Å². The second-order valence-electron chi connectivity index (χ2n) is 11.8. The number of carbonyl (C=O) groups is 3. The van der Waals surface area contributed by atoms with Crippen LogP contribution in [-0.2, 0) is 23.9 Å². The summed E-state index contributed by atoms with van der Waals surface area (Å²) in [6.45, 7) is 6.27. The maximum absolute atomic E-state index is 14.0. The molecule has 0 bridgehead atoms. The summed E-state index contributed by atoms with van der Waals surface area (Å²) in [7, 11) is 1.42. The van der Waals surface area contributed by atoms with Gasteiger partial charge in [0.25, 0.3) is 0 Å². The lowest BCUT2D eigenvalue weighted by Crippen LogP contribution is -2.60. The number of hydrogen-bond donors (Lipinski definition) is 0. The van der Waals surface area contributed by atoms with Crippen LogP contribution in [0.5, 0.6) is 0 Å². The molecule has 0 aromatic heterocycles. The van der Waals surface area contributed by atoms with Crippen LogP contribution in [0.3, 0.4) is 0 Å². The number of carbonyl (C=O) groups excluding carboxylic acids is 3. The molecule has 0 unspecified atom stereocenters. The molecule has 1 saturated carbocycles. The van der Waals surface area contributed by atoms with Crippen molar-refractivity contribution in [3.8, 4) is 0 Å². The first-order chi connectivity index (χ1) is 17.9. The predicted octanol–water partition coefficient (Wildman–Crippen LogP) is 5.23. The summed E-state index contributed by atoms with van der Waals surface area (Å²) in [5, 5.41) is 0. The van der Waals surface area contributed by atoms with Crippen molar-refractivity contribution in [3.05, 3.63) is 11.8 Å². The molecule has 1 aliphatic carbocycles. The zero-order valence-corrected chi connectivity index (χ0v) is 23.3.